The molecule has 2 heterocycles. The third-order valence-electron chi connectivity index (χ3n) is 2.96. The SMILES string of the molecule is Cc1cc(S(=O)(=O)N(C)CCc2ccncc2)sc1Br. The highest BCUT2D eigenvalue weighted by molar-refractivity contribution is 9.11. The van der Waals surface area contributed by atoms with Crippen LogP contribution in [-0.4, -0.2) is 31.3 Å². The molecular weight excluding hydrogens is 360 g/mol. The molecule has 2 rings (SSSR count). The van der Waals surface area contributed by atoms with E-state index in [1.807, 2.05) is 19.1 Å². The standard InChI is InChI=1S/C13H15BrN2O2S2/c1-10-9-12(19-13(10)14)20(17,18)16(2)8-5-11-3-6-15-7-4-11/h3-4,6-7,9H,5,8H2,1-2H3. The molecule has 0 aromatic carbocycles. The molecule has 0 aliphatic rings. The lowest BCUT2D eigenvalue weighted by molar-refractivity contribution is 0.474. The number of thiophene rings is 1. The van der Waals surface area contributed by atoms with Crippen molar-refractivity contribution < 1.29 is 8.42 Å². The maximum absolute atomic E-state index is 12.4. The maximum atomic E-state index is 12.4. The van der Waals surface area contributed by atoms with Crippen molar-refractivity contribution in [2.45, 2.75) is 17.6 Å². The van der Waals surface area contributed by atoms with Crippen LogP contribution < -0.4 is 0 Å². The second-order valence-electron chi connectivity index (χ2n) is 4.45. The second kappa shape index (κ2) is 6.34. The van der Waals surface area contributed by atoms with E-state index in [0.29, 0.717) is 17.2 Å². The van der Waals surface area contributed by atoms with E-state index in [1.54, 1.807) is 25.5 Å². The van der Waals surface area contributed by atoms with Crippen LogP contribution in [0.25, 0.3) is 0 Å². The lowest BCUT2D eigenvalue weighted by atomic mass is 10.2. The largest absolute Gasteiger partial charge is 0.265 e. The summed E-state index contributed by atoms with van der Waals surface area (Å²) in [5.74, 6) is 0. The van der Waals surface area contributed by atoms with Crippen LogP contribution in [0.4, 0.5) is 0 Å². The summed E-state index contributed by atoms with van der Waals surface area (Å²) < 4.78 is 27.5. The molecule has 0 saturated carbocycles. The number of hydrogen-bond donors (Lipinski definition) is 0. The number of halogens is 1. The van der Waals surface area contributed by atoms with Crippen molar-refractivity contribution >= 4 is 37.3 Å². The fourth-order valence-corrected chi connectivity index (χ4v) is 5.28. The van der Waals surface area contributed by atoms with Gasteiger partial charge in [0.15, 0.2) is 0 Å². The Morgan fingerprint density at radius 1 is 1.35 bits per heavy atom. The fourth-order valence-electron chi connectivity index (χ4n) is 1.67. The molecule has 0 spiro atoms. The molecule has 0 unspecified atom stereocenters. The van der Waals surface area contributed by atoms with Crippen molar-refractivity contribution in [3.05, 3.63) is 45.5 Å². The fraction of sp³-hybridized carbons (Fsp3) is 0.308. The monoisotopic (exact) mass is 374 g/mol. The first-order valence-corrected chi connectivity index (χ1v) is 9.07. The Hall–Kier alpha value is -0.760. The Morgan fingerprint density at radius 2 is 2.00 bits per heavy atom. The average molecular weight is 375 g/mol. The number of nitrogens with zero attached hydrogens (tertiary/aromatic N) is 2. The first-order valence-electron chi connectivity index (χ1n) is 6.02. The topological polar surface area (TPSA) is 50.3 Å². The predicted octanol–water partition coefficient (Wildman–Crippen LogP) is 3.08. The van der Waals surface area contributed by atoms with E-state index in [9.17, 15) is 8.42 Å². The number of aromatic nitrogens is 1. The first kappa shape index (κ1) is 15.6. The molecule has 108 valence electrons. The molecule has 7 heteroatoms. The smallest absolute Gasteiger partial charge is 0.252 e. The molecule has 4 nitrogen and oxygen atoms in total. The molecule has 0 fully saturated rings. The summed E-state index contributed by atoms with van der Waals surface area (Å²) in [4.78, 5) is 3.95. The summed E-state index contributed by atoms with van der Waals surface area (Å²) in [7, 11) is -1.79. The molecular formula is C13H15BrN2O2S2. The third-order valence-corrected chi connectivity index (χ3v) is 7.41. The minimum absolute atomic E-state index is 0.374. The van der Waals surface area contributed by atoms with E-state index < -0.39 is 10.0 Å². The zero-order chi connectivity index (χ0) is 14.8. The van der Waals surface area contributed by atoms with Gasteiger partial charge in [-0.2, -0.15) is 4.31 Å². The molecule has 0 aliphatic carbocycles. The highest BCUT2D eigenvalue weighted by atomic mass is 79.9. The van der Waals surface area contributed by atoms with Gasteiger partial charge in [0, 0.05) is 26.0 Å². The number of rotatable bonds is 5. The highest BCUT2D eigenvalue weighted by Gasteiger charge is 2.23. The molecule has 0 radical (unpaired) electrons. The summed E-state index contributed by atoms with van der Waals surface area (Å²) >= 11 is 4.61. The summed E-state index contributed by atoms with van der Waals surface area (Å²) in [5, 5.41) is 0. The summed E-state index contributed by atoms with van der Waals surface area (Å²) in [6.45, 7) is 2.33. The van der Waals surface area contributed by atoms with E-state index in [1.165, 1.54) is 15.6 Å². The van der Waals surface area contributed by atoms with Gasteiger partial charge in [0.1, 0.15) is 4.21 Å². The Balaban J connectivity index is 2.09. The minimum Gasteiger partial charge on any atom is -0.265 e. The summed E-state index contributed by atoms with van der Waals surface area (Å²) in [5.41, 5.74) is 2.02. The van der Waals surface area contributed by atoms with Crippen molar-refractivity contribution in [3.8, 4) is 0 Å². The number of aryl methyl sites for hydroxylation is 1. The predicted molar refractivity (Wildman–Crippen MR) is 84.5 cm³/mol. The van der Waals surface area contributed by atoms with Gasteiger partial charge in [-0.15, -0.1) is 11.3 Å². The Kier molecular flexibility index (Phi) is 4.95. The zero-order valence-electron chi connectivity index (χ0n) is 11.2. The van der Waals surface area contributed by atoms with Crippen LogP contribution in [-0.2, 0) is 16.4 Å². The van der Waals surface area contributed by atoms with Crippen LogP contribution in [0.5, 0.6) is 0 Å². The van der Waals surface area contributed by atoms with Gasteiger partial charge in [-0.05, 0) is 58.6 Å². The molecule has 2 aromatic rings. The lowest BCUT2D eigenvalue weighted by Gasteiger charge is -2.15. The van der Waals surface area contributed by atoms with Gasteiger partial charge in [-0.3, -0.25) is 4.98 Å². The Labute approximate surface area is 131 Å². The van der Waals surface area contributed by atoms with E-state index in [-0.39, 0.29) is 0 Å². The Bertz CT molecular complexity index is 664. The van der Waals surface area contributed by atoms with Crippen LogP contribution in [0.1, 0.15) is 11.1 Å². The number of hydrogen-bond acceptors (Lipinski definition) is 4. The van der Waals surface area contributed by atoms with E-state index in [2.05, 4.69) is 20.9 Å². The van der Waals surface area contributed by atoms with Gasteiger partial charge < -0.3 is 0 Å². The van der Waals surface area contributed by atoms with Crippen LogP contribution in [0.15, 0.2) is 38.6 Å². The normalized spacial score (nSPS) is 12.0. The van der Waals surface area contributed by atoms with Crippen LogP contribution in [0.2, 0.25) is 0 Å². The van der Waals surface area contributed by atoms with Gasteiger partial charge in [0.25, 0.3) is 10.0 Å². The number of likely N-dealkylation sites (N-methyl/N-ethyl adjacent to an activating group) is 1. The third kappa shape index (κ3) is 3.46. The first-order chi connectivity index (χ1) is 9.41. The van der Waals surface area contributed by atoms with E-state index in [4.69, 9.17) is 0 Å². The molecule has 0 saturated heterocycles. The van der Waals surface area contributed by atoms with Gasteiger partial charge in [-0.25, -0.2) is 8.42 Å². The molecule has 2 aromatic heterocycles. The van der Waals surface area contributed by atoms with Gasteiger partial charge in [0.2, 0.25) is 0 Å². The van der Waals surface area contributed by atoms with Gasteiger partial charge in [-0.1, -0.05) is 0 Å². The van der Waals surface area contributed by atoms with Gasteiger partial charge >= 0.3 is 0 Å². The maximum Gasteiger partial charge on any atom is 0.252 e. The summed E-state index contributed by atoms with van der Waals surface area (Å²) in [6, 6.07) is 5.49. The van der Waals surface area contributed by atoms with E-state index in [0.717, 1.165) is 14.9 Å². The number of sulfonamides is 1. The van der Waals surface area contributed by atoms with Gasteiger partial charge in [0.05, 0.1) is 3.79 Å². The molecule has 20 heavy (non-hydrogen) atoms. The van der Waals surface area contributed by atoms with Crippen molar-refractivity contribution in [1.29, 1.82) is 0 Å². The quantitative estimate of drug-likeness (QED) is 0.807. The highest BCUT2D eigenvalue weighted by Crippen LogP contribution is 2.31. The minimum atomic E-state index is -3.40. The molecule has 0 amide bonds. The molecule has 0 N–H and O–H groups in total. The second-order valence-corrected chi connectivity index (χ2v) is 9.10. The summed E-state index contributed by atoms with van der Waals surface area (Å²) in [6.07, 6.45) is 4.09. The van der Waals surface area contributed by atoms with Crippen LogP contribution >= 0.6 is 27.3 Å². The van der Waals surface area contributed by atoms with Crippen molar-refractivity contribution in [1.82, 2.24) is 9.29 Å². The molecule has 0 bridgehead atoms. The zero-order valence-corrected chi connectivity index (χ0v) is 14.4. The number of pyridine rings is 1. The molecule has 0 atom stereocenters. The van der Waals surface area contributed by atoms with E-state index >= 15 is 0 Å². The van der Waals surface area contributed by atoms with Crippen molar-refractivity contribution in [3.63, 3.8) is 0 Å². The van der Waals surface area contributed by atoms with Crippen LogP contribution in [0.3, 0.4) is 0 Å². The average Bonchev–Trinajstić information content (AvgIpc) is 2.78. The van der Waals surface area contributed by atoms with Crippen molar-refractivity contribution in [2.24, 2.45) is 0 Å². The van der Waals surface area contributed by atoms with Crippen molar-refractivity contribution in [2.75, 3.05) is 13.6 Å². The van der Waals surface area contributed by atoms with Crippen LogP contribution in [0, 0.1) is 6.92 Å². The molecule has 0 aliphatic heterocycles. The Morgan fingerprint density at radius 3 is 2.55 bits per heavy atom. The lowest BCUT2D eigenvalue weighted by Crippen LogP contribution is -2.28.